The summed E-state index contributed by atoms with van der Waals surface area (Å²) in [5, 5.41) is 1.34. The number of unbranched alkanes of at least 4 members (excludes halogenated alkanes) is 2. The molecule has 1 heterocycles. The van der Waals surface area contributed by atoms with E-state index in [4.69, 9.17) is 10.5 Å². The number of ether oxygens (including phenoxy) is 1. The zero-order chi connectivity index (χ0) is 19.9. The number of fused-ring (bicyclic) bond motifs is 1. The number of rotatable bonds is 10. The van der Waals surface area contributed by atoms with Gasteiger partial charge in [0.1, 0.15) is 5.75 Å². The average molecular weight is 397 g/mol. The van der Waals surface area contributed by atoms with Crippen molar-refractivity contribution in [3.63, 3.8) is 0 Å². The molecule has 0 amide bonds. The van der Waals surface area contributed by atoms with Crippen molar-refractivity contribution < 1.29 is 4.74 Å². The van der Waals surface area contributed by atoms with Crippen molar-refractivity contribution in [3.05, 3.63) is 47.5 Å². The Balaban J connectivity index is 2.18. The number of hydrogen-bond donors (Lipinski definition) is 2. The highest BCUT2D eigenvalue weighted by Crippen LogP contribution is 2.39. The number of methoxy groups -OCH3 is 1. The fourth-order valence-electron chi connectivity index (χ4n) is 3.86. The van der Waals surface area contributed by atoms with E-state index in [1.807, 2.05) is 0 Å². The number of benzene rings is 2. The standard InChI is InChI=1S/C24H32N2OS/c1-4-5-9-17-10-8-12-19-20(11-6-7-15-25)24(26-23(17)19)21-16-18(28-3)13-14-22(21)27-2/h8,10,12-14,16,26H,4-7,9,11,15,25H2,1-3H3. The third-order valence-electron chi connectivity index (χ3n) is 5.38. The molecule has 3 N–H and O–H groups in total. The van der Waals surface area contributed by atoms with Crippen LogP contribution in [0, 0.1) is 0 Å². The highest BCUT2D eigenvalue weighted by atomic mass is 32.2. The second-order valence-corrected chi connectivity index (χ2v) is 8.11. The summed E-state index contributed by atoms with van der Waals surface area (Å²) in [6.45, 7) is 2.99. The summed E-state index contributed by atoms with van der Waals surface area (Å²) in [5.41, 5.74) is 12.2. The number of aryl methyl sites for hydroxylation is 2. The molecule has 4 heteroatoms. The number of nitrogens with one attached hydrogen (secondary N) is 1. The van der Waals surface area contributed by atoms with Gasteiger partial charge in [-0.2, -0.15) is 0 Å². The van der Waals surface area contributed by atoms with Crippen molar-refractivity contribution in [2.24, 2.45) is 5.73 Å². The second-order valence-electron chi connectivity index (χ2n) is 7.23. The first-order chi connectivity index (χ1) is 13.7. The maximum atomic E-state index is 5.76. The van der Waals surface area contributed by atoms with Crippen LogP contribution in [0.2, 0.25) is 0 Å². The molecular weight excluding hydrogens is 364 g/mol. The van der Waals surface area contributed by atoms with Crippen molar-refractivity contribution in [1.82, 2.24) is 4.98 Å². The molecule has 0 spiro atoms. The monoisotopic (exact) mass is 396 g/mol. The topological polar surface area (TPSA) is 51.0 Å². The van der Waals surface area contributed by atoms with E-state index in [2.05, 4.69) is 54.6 Å². The number of thioether (sulfide) groups is 1. The van der Waals surface area contributed by atoms with Crippen molar-refractivity contribution in [2.75, 3.05) is 19.9 Å². The maximum Gasteiger partial charge on any atom is 0.128 e. The molecule has 0 aliphatic carbocycles. The van der Waals surface area contributed by atoms with Crippen molar-refractivity contribution in [2.45, 2.75) is 50.3 Å². The SMILES string of the molecule is CCCCc1cccc2c(CCCCN)c(-c3cc(SC)ccc3OC)[nH]c12. The van der Waals surface area contributed by atoms with Gasteiger partial charge in [0.2, 0.25) is 0 Å². The lowest BCUT2D eigenvalue weighted by Crippen LogP contribution is -1.99. The molecule has 0 aliphatic rings. The maximum absolute atomic E-state index is 5.76. The quantitative estimate of drug-likeness (QED) is 0.317. The highest BCUT2D eigenvalue weighted by Gasteiger charge is 2.18. The largest absolute Gasteiger partial charge is 0.496 e. The minimum absolute atomic E-state index is 0.741. The Hall–Kier alpha value is -1.91. The minimum atomic E-state index is 0.741. The molecule has 0 unspecified atom stereocenters. The predicted molar refractivity (Wildman–Crippen MR) is 123 cm³/mol. The predicted octanol–water partition coefficient (Wildman–Crippen LogP) is 6.19. The lowest BCUT2D eigenvalue weighted by Gasteiger charge is -2.11. The van der Waals surface area contributed by atoms with Crippen LogP contribution in [0.15, 0.2) is 41.3 Å². The van der Waals surface area contributed by atoms with Crippen molar-refractivity contribution >= 4 is 22.7 Å². The molecule has 3 rings (SSSR count). The summed E-state index contributed by atoms with van der Waals surface area (Å²) in [7, 11) is 1.75. The van der Waals surface area contributed by atoms with Crippen LogP contribution in [0.4, 0.5) is 0 Å². The molecule has 0 fully saturated rings. The number of para-hydroxylation sites is 1. The van der Waals surface area contributed by atoms with E-state index in [0.29, 0.717) is 0 Å². The molecule has 3 aromatic rings. The van der Waals surface area contributed by atoms with Gasteiger partial charge in [0.15, 0.2) is 0 Å². The van der Waals surface area contributed by atoms with Gasteiger partial charge in [-0.05, 0) is 74.2 Å². The minimum Gasteiger partial charge on any atom is -0.496 e. The first-order valence-corrected chi connectivity index (χ1v) is 11.5. The van der Waals surface area contributed by atoms with Crippen molar-refractivity contribution in [3.8, 4) is 17.0 Å². The van der Waals surface area contributed by atoms with E-state index in [0.717, 1.165) is 43.5 Å². The smallest absolute Gasteiger partial charge is 0.128 e. The molecule has 28 heavy (non-hydrogen) atoms. The van der Waals surface area contributed by atoms with Crippen LogP contribution in [0.1, 0.15) is 43.7 Å². The number of aromatic nitrogens is 1. The lowest BCUT2D eigenvalue weighted by atomic mass is 9.98. The Bertz CT molecular complexity index is 916. The third-order valence-corrected chi connectivity index (χ3v) is 6.11. The molecule has 1 aromatic heterocycles. The van der Waals surface area contributed by atoms with E-state index in [-0.39, 0.29) is 0 Å². The molecule has 3 nitrogen and oxygen atoms in total. The molecule has 150 valence electrons. The van der Waals surface area contributed by atoms with Gasteiger partial charge in [-0.25, -0.2) is 0 Å². The molecule has 0 bridgehead atoms. The van der Waals surface area contributed by atoms with Gasteiger partial charge < -0.3 is 15.5 Å². The van der Waals surface area contributed by atoms with Gasteiger partial charge in [0, 0.05) is 21.4 Å². The van der Waals surface area contributed by atoms with E-state index in [1.54, 1.807) is 18.9 Å². The van der Waals surface area contributed by atoms with Gasteiger partial charge in [0.25, 0.3) is 0 Å². The fraction of sp³-hybridized carbons (Fsp3) is 0.417. The van der Waals surface area contributed by atoms with Gasteiger partial charge in [-0.15, -0.1) is 11.8 Å². The Labute approximate surface area is 173 Å². The van der Waals surface area contributed by atoms with Gasteiger partial charge in [-0.1, -0.05) is 31.5 Å². The number of aromatic amines is 1. The summed E-state index contributed by atoms with van der Waals surface area (Å²) in [6.07, 6.45) is 8.80. The first kappa shape index (κ1) is 20.8. The summed E-state index contributed by atoms with van der Waals surface area (Å²) in [6, 6.07) is 13.2. The molecule has 0 saturated heterocycles. The molecule has 0 atom stereocenters. The van der Waals surface area contributed by atoms with E-state index in [9.17, 15) is 0 Å². The summed E-state index contributed by atoms with van der Waals surface area (Å²) in [5.74, 6) is 0.916. The van der Waals surface area contributed by atoms with Crippen molar-refractivity contribution in [1.29, 1.82) is 0 Å². The Morgan fingerprint density at radius 2 is 1.93 bits per heavy atom. The van der Waals surface area contributed by atoms with Gasteiger partial charge in [-0.3, -0.25) is 0 Å². The molecular formula is C24H32N2OS. The Morgan fingerprint density at radius 3 is 2.64 bits per heavy atom. The first-order valence-electron chi connectivity index (χ1n) is 10.3. The molecule has 2 aromatic carbocycles. The zero-order valence-corrected chi connectivity index (χ0v) is 18.1. The van der Waals surface area contributed by atoms with Crippen LogP contribution < -0.4 is 10.5 Å². The van der Waals surface area contributed by atoms with Gasteiger partial charge in [0.05, 0.1) is 12.8 Å². The van der Waals surface area contributed by atoms with Crippen LogP contribution >= 0.6 is 11.8 Å². The summed E-state index contributed by atoms with van der Waals surface area (Å²) >= 11 is 1.76. The zero-order valence-electron chi connectivity index (χ0n) is 17.3. The fourth-order valence-corrected chi connectivity index (χ4v) is 4.29. The highest BCUT2D eigenvalue weighted by molar-refractivity contribution is 7.98. The van der Waals surface area contributed by atoms with Crippen LogP contribution in [-0.4, -0.2) is 24.9 Å². The second kappa shape index (κ2) is 10.0. The van der Waals surface area contributed by atoms with E-state index < -0.39 is 0 Å². The van der Waals surface area contributed by atoms with E-state index >= 15 is 0 Å². The van der Waals surface area contributed by atoms with Crippen LogP contribution in [0.25, 0.3) is 22.2 Å². The summed E-state index contributed by atoms with van der Waals surface area (Å²) < 4.78 is 5.72. The lowest BCUT2D eigenvalue weighted by molar-refractivity contribution is 0.416. The molecule has 0 aliphatic heterocycles. The number of H-pyrrole nitrogens is 1. The third kappa shape index (κ3) is 4.39. The average Bonchev–Trinajstić information content (AvgIpc) is 3.11. The molecule has 0 radical (unpaired) electrons. The van der Waals surface area contributed by atoms with Crippen LogP contribution in [0.5, 0.6) is 5.75 Å². The van der Waals surface area contributed by atoms with E-state index in [1.165, 1.54) is 45.5 Å². The number of hydrogen-bond acceptors (Lipinski definition) is 3. The van der Waals surface area contributed by atoms with Crippen LogP contribution in [0.3, 0.4) is 0 Å². The van der Waals surface area contributed by atoms with Gasteiger partial charge >= 0.3 is 0 Å². The molecule has 0 saturated carbocycles. The number of nitrogens with two attached hydrogens (primary N) is 1. The van der Waals surface area contributed by atoms with Crippen LogP contribution in [-0.2, 0) is 12.8 Å². The normalized spacial score (nSPS) is 11.3. The Morgan fingerprint density at radius 1 is 1.07 bits per heavy atom. The summed E-state index contributed by atoms with van der Waals surface area (Å²) in [4.78, 5) is 5.03. The Kier molecular flexibility index (Phi) is 7.46.